The van der Waals surface area contributed by atoms with Gasteiger partial charge in [-0.3, -0.25) is 4.79 Å². The number of hydrogen-bond donors (Lipinski definition) is 3. The van der Waals surface area contributed by atoms with Crippen molar-refractivity contribution >= 4 is 35.2 Å². The van der Waals surface area contributed by atoms with E-state index in [1.165, 1.54) is 30.4 Å². The Balaban J connectivity index is 2.64. The van der Waals surface area contributed by atoms with E-state index in [2.05, 4.69) is 10.1 Å². The molecule has 0 bridgehead atoms. The monoisotopic (exact) mass is 400 g/mol. The van der Waals surface area contributed by atoms with E-state index in [0.717, 1.165) is 0 Å². The van der Waals surface area contributed by atoms with Crippen LogP contribution in [0.15, 0.2) is 18.2 Å². The molecule has 1 heterocycles. The van der Waals surface area contributed by atoms with Crippen LogP contribution in [0.4, 0.5) is 18.0 Å². The molecule has 0 aromatic heterocycles. The normalized spacial score (nSPS) is 26.6. The molecule has 138 valence electrons. The van der Waals surface area contributed by atoms with E-state index in [4.69, 9.17) is 23.2 Å². The van der Waals surface area contributed by atoms with Crippen LogP contribution in [0.25, 0.3) is 0 Å². The second-order valence-corrected chi connectivity index (χ2v) is 6.00. The lowest BCUT2D eigenvalue weighted by molar-refractivity contribution is -0.294. The van der Waals surface area contributed by atoms with Crippen LogP contribution in [-0.4, -0.2) is 35.6 Å². The van der Waals surface area contributed by atoms with Crippen molar-refractivity contribution in [1.82, 2.24) is 10.6 Å². The number of rotatable bonds is 3. The standard InChI is InChI=1S/C14H13Cl2F3N2O4/c1-2-25-11(22)8-10(6-4-3-5-7(15)9(6)16)20-12(23)21-13(8,24)14(17,18)19/h3-5,8,10,24H,2H2,1H3,(H2,20,21,23)/t8-,10+,13+/m1/s1. The number of hydrogen-bond acceptors (Lipinski definition) is 4. The number of amides is 2. The van der Waals surface area contributed by atoms with Crippen LogP contribution in [0.5, 0.6) is 0 Å². The Bertz CT molecular complexity index is 701. The van der Waals surface area contributed by atoms with Gasteiger partial charge in [-0.05, 0) is 18.6 Å². The summed E-state index contributed by atoms with van der Waals surface area (Å²) in [5.41, 5.74) is -3.91. The average molecular weight is 401 g/mol. The van der Waals surface area contributed by atoms with Gasteiger partial charge < -0.3 is 20.5 Å². The molecule has 1 aliphatic heterocycles. The maximum atomic E-state index is 13.5. The third kappa shape index (κ3) is 3.49. The van der Waals surface area contributed by atoms with Crippen LogP contribution in [0.3, 0.4) is 0 Å². The summed E-state index contributed by atoms with van der Waals surface area (Å²) in [5.74, 6) is -3.61. The van der Waals surface area contributed by atoms with Crippen LogP contribution in [-0.2, 0) is 9.53 Å². The van der Waals surface area contributed by atoms with Gasteiger partial charge in [0.25, 0.3) is 5.72 Å². The van der Waals surface area contributed by atoms with E-state index in [1.54, 1.807) is 0 Å². The number of benzene rings is 1. The van der Waals surface area contributed by atoms with E-state index in [1.807, 2.05) is 0 Å². The molecule has 25 heavy (non-hydrogen) atoms. The first kappa shape index (κ1) is 19.6. The summed E-state index contributed by atoms with van der Waals surface area (Å²) in [6, 6.07) is 1.10. The predicted octanol–water partition coefficient (Wildman–Crippen LogP) is 2.78. The first-order valence-electron chi connectivity index (χ1n) is 7.01. The highest BCUT2D eigenvalue weighted by Gasteiger charge is 2.67. The number of urea groups is 1. The number of halogens is 5. The molecule has 11 heteroatoms. The van der Waals surface area contributed by atoms with E-state index in [-0.39, 0.29) is 22.2 Å². The van der Waals surface area contributed by atoms with Gasteiger partial charge in [0.05, 0.1) is 22.7 Å². The van der Waals surface area contributed by atoms with Crippen LogP contribution >= 0.6 is 23.2 Å². The summed E-state index contributed by atoms with van der Waals surface area (Å²) in [6.07, 6.45) is -5.36. The fourth-order valence-corrected chi connectivity index (χ4v) is 2.98. The molecule has 1 aromatic rings. The number of ether oxygens (including phenoxy) is 1. The lowest BCUT2D eigenvalue weighted by atomic mass is 9.82. The van der Waals surface area contributed by atoms with Gasteiger partial charge >= 0.3 is 18.2 Å². The summed E-state index contributed by atoms with van der Waals surface area (Å²) < 4.78 is 45.0. The smallest absolute Gasteiger partial charge is 0.437 e. The number of nitrogens with one attached hydrogen (secondary N) is 2. The van der Waals surface area contributed by atoms with E-state index in [9.17, 15) is 27.9 Å². The van der Waals surface area contributed by atoms with Gasteiger partial charge in [-0.25, -0.2) is 4.79 Å². The van der Waals surface area contributed by atoms with Crippen molar-refractivity contribution in [2.45, 2.75) is 24.9 Å². The Hall–Kier alpha value is -1.71. The zero-order valence-electron chi connectivity index (χ0n) is 12.7. The summed E-state index contributed by atoms with van der Waals surface area (Å²) >= 11 is 11.9. The largest absolute Gasteiger partial charge is 0.466 e. The van der Waals surface area contributed by atoms with Crippen LogP contribution in [0, 0.1) is 5.92 Å². The molecule has 0 aliphatic carbocycles. The Labute approximate surface area is 150 Å². The van der Waals surface area contributed by atoms with Gasteiger partial charge in [0, 0.05) is 0 Å². The van der Waals surface area contributed by atoms with Gasteiger partial charge in [0.2, 0.25) is 0 Å². The van der Waals surface area contributed by atoms with Crippen LogP contribution < -0.4 is 10.6 Å². The van der Waals surface area contributed by atoms with Crippen molar-refractivity contribution in [3.8, 4) is 0 Å². The van der Waals surface area contributed by atoms with Crippen molar-refractivity contribution in [3.05, 3.63) is 33.8 Å². The highest BCUT2D eigenvalue weighted by atomic mass is 35.5. The second kappa shape index (κ2) is 6.89. The molecule has 2 rings (SSSR count). The molecule has 1 saturated heterocycles. The Morgan fingerprint density at radius 1 is 1.40 bits per heavy atom. The topological polar surface area (TPSA) is 87.7 Å². The minimum absolute atomic E-state index is 0.00473. The Morgan fingerprint density at radius 2 is 2.04 bits per heavy atom. The molecular formula is C14H13Cl2F3N2O4. The quantitative estimate of drug-likeness (QED) is 0.680. The Morgan fingerprint density at radius 3 is 2.60 bits per heavy atom. The first-order chi connectivity index (χ1) is 11.5. The van der Waals surface area contributed by atoms with Crippen molar-refractivity contribution in [2.24, 2.45) is 5.92 Å². The maximum absolute atomic E-state index is 13.5. The predicted molar refractivity (Wildman–Crippen MR) is 82.0 cm³/mol. The number of carbonyl (C=O) groups is 2. The molecule has 1 aliphatic rings. The molecule has 0 spiro atoms. The zero-order valence-corrected chi connectivity index (χ0v) is 14.2. The van der Waals surface area contributed by atoms with Gasteiger partial charge in [0.1, 0.15) is 5.92 Å². The average Bonchev–Trinajstić information content (AvgIpc) is 2.48. The Kier molecular flexibility index (Phi) is 5.41. The zero-order chi connectivity index (χ0) is 19.0. The summed E-state index contributed by atoms with van der Waals surface area (Å²) in [7, 11) is 0. The lowest BCUT2D eigenvalue weighted by Crippen LogP contribution is -2.73. The molecule has 6 nitrogen and oxygen atoms in total. The lowest BCUT2D eigenvalue weighted by Gasteiger charge is -2.44. The molecule has 0 saturated carbocycles. The SMILES string of the molecule is CCOC(=O)[C@H]1[C@H](c2cccc(Cl)c2Cl)NC(=O)N[C@@]1(O)C(F)(F)F. The highest BCUT2D eigenvalue weighted by Crippen LogP contribution is 2.45. The maximum Gasteiger partial charge on any atom is 0.437 e. The number of aliphatic hydroxyl groups is 1. The molecule has 1 fully saturated rings. The summed E-state index contributed by atoms with van der Waals surface area (Å²) in [4.78, 5) is 23.9. The number of alkyl halides is 3. The van der Waals surface area contributed by atoms with E-state index >= 15 is 0 Å². The van der Waals surface area contributed by atoms with Gasteiger partial charge in [-0.1, -0.05) is 35.3 Å². The van der Waals surface area contributed by atoms with Crippen molar-refractivity contribution in [3.63, 3.8) is 0 Å². The number of esters is 1. The minimum Gasteiger partial charge on any atom is -0.466 e. The summed E-state index contributed by atoms with van der Waals surface area (Å²) in [5, 5.41) is 13.5. The fraction of sp³-hybridized carbons (Fsp3) is 0.429. The minimum atomic E-state index is -5.36. The first-order valence-corrected chi connectivity index (χ1v) is 7.76. The highest BCUT2D eigenvalue weighted by molar-refractivity contribution is 6.42. The third-order valence-corrected chi connectivity index (χ3v) is 4.50. The third-order valence-electron chi connectivity index (χ3n) is 3.66. The van der Waals surface area contributed by atoms with E-state index in [0.29, 0.717) is 0 Å². The molecule has 3 N–H and O–H groups in total. The van der Waals surface area contributed by atoms with Crippen LogP contribution in [0.1, 0.15) is 18.5 Å². The molecular weight excluding hydrogens is 388 g/mol. The molecule has 2 amide bonds. The van der Waals surface area contributed by atoms with Crippen molar-refractivity contribution in [1.29, 1.82) is 0 Å². The van der Waals surface area contributed by atoms with Gasteiger partial charge in [0.15, 0.2) is 0 Å². The second-order valence-electron chi connectivity index (χ2n) is 5.21. The van der Waals surface area contributed by atoms with Gasteiger partial charge in [-0.15, -0.1) is 0 Å². The van der Waals surface area contributed by atoms with Crippen LogP contribution in [0.2, 0.25) is 10.0 Å². The van der Waals surface area contributed by atoms with Crippen molar-refractivity contribution < 1.29 is 32.6 Å². The molecule has 1 aromatic carbocycles. The number of carbonyl (C=O) groups excluding carboxylic acids is 2. The van der Waals surface area contributed by atoms with Gasteiger partial charge in [-0.2, -0.15) is 13.2 Å². The molecule has 3 atom stereocenters. The fourth-order valence-electron chi connectivity index (χ4n) is 2.56. The summed E-state index contributed by atoms with van der Waals surface area (Å²) in [6.45, 7) is 1.16. The molecule has 0 radical (unpaired) electrons. The van der Waals surface area contributed by atoms with Crippen molar-refractivity contribution in [2.75, 3.05) is 6.61 Å². The molecule has 0 unspecified atom stereocenters. The van der Waals surface area contributed by atoms with E-state index < -0.39 is 35.9 Å².